The van der Waals surface area contributed by atoms with Gasteiger partial charge < -0.3 is 20.3 Å². The number of imide groups is 2. The highest BCUT2D eigenvalue weighted by atomic mass is 35.5. The van der Waals surface area contributed by atoms with Gasteiger partial charge in [0.05, 0.1) is 21.7 Å². The third-order valence-corrected chi connectivity index (χ3v) is 12.6. The fourth-order valence-electron chi connectivity index (χ4n) is 9.51. The van der Waals surface area contributed by atoms with E-state index in [0.29, 0.717) is 52.8 Å². The molecule has 0 aromatic heterocycles. The van der Waals surface area contributed by atoms with Gasteiger partial charge in [-0.05, 0) is 61.2 Å². The van der Waals surface area contributed by atoms with E-state index in [4.69, 9.17) is 16.3 Å². The first kappa shape index (κ1) is 41.4. The molecule has 0 spiro atoms. The van der Waals surface area contributed by atoms with Gasteiger partial charge in [0.25, 0.3) is 23.6 Å². The molecule has 4 aliphatic rings. The van der Waals surface area contributed by atoms with Crippen molar-refractivity contribution in [1.29, 1.82) is 5.26 Å². The number of nitriles is 1. The van der Waals surface area contributed by atoms with Gasteiger partial charge in [0.1, 0.15) is 24.0 Å². The van der Waals surface area contributed by atoms with E-state index >= 15 is 0 Å². The number of anilines is 1. The van der Waals surface area contributed by atoms with Gasteiger partial charge in [-0.25, -0.2) is 0 Å². The maximum absolute atomic E-state index is 13.6. The van der Waals surface area contributed by atoms with Crippen LogP contribution in [0.4, 0.5) is 5.69 Å². The number of amides is 6. The molecular weight excluding hydrogens is 772 g/mol. The zero-order valence-electron chi connectivity index (χ0n) is 33.8. The maximum Gasteiger partial charge on any atom is 0.264 e. The van der Waals surface area contributed by atoms with Crippen molar-refractivity contribution in [2.24, 2.45) is 10.8 Å². The molecule has 13 nitrogen and oxygen atoms in total. The van der Waals surface area contributed by atoms with Crippen LogP contribution in [0.1, 0.15) is 132 Å². The van der Waals surface area contributed by atoms with Gasteiger partial charge in [-0.15, -0.1) is 0 Å². The molecule has 14 heteroatoms. The number of carbonyl (C=O) groups is 6. The second-order valence-corrected chi connectivity index (χ2v) is 17.5. The number of hydrogen-bond donors (Lipinski definition) is 3. The molecule has 2 fully saturated rings. The highest BCUT2D eigenvalue weighted by molar-refractivity contribution is 6.31. The van der Waals surface area contributed by atoms with Crippen LogP contribution in [0, 0.1) is 22.2 Å². The van der Waals surface area contributed by atoms with Crippen molar-refractivity contribution >= 4 is 52.7 Å². The van der Waals surface area contributed by atoms with Crippen molar-refractivity contribution in [3.8, 4) is 11.8 Å². The Labute approximate surface area is 348 Å². The third kappa shape index (κ3) is 7.90. The van der Waals surface area contributed by atoms with Crippen molar-refractivity contribution < 1.29 is 33.5 Å². The highest BCUT2D eigenvalue weighted by Gasteiger charge is 2.64. The van der Waals surface area contributed by atoms with E-state index in [1.165, 1.54) is 0 Å². The number of fused-ring (bicyclic) bond motifs is 2. The lowest BCUT2D eigenvalue weighted by Gasteiger charge is -2.63. The lowest BCUT2D eigenvalue weighted by Crippen LogP contribution is -2.74. The minimum absolute atomic E-state index is 0.0626. The van der Waals surface area contributed by atoms with Gasteiger partial charge in [-0.2, -0.15) is 5.26 Å². The average molecular weight is 821 g/mol. The number of nitrogens with one attached hydrogen (secondary N) is 3. The first-order valence-corrected chi connectivity index (χ1v) is 20.7. The summed E-state index contributed by atoms with van der Waals surface area (Å²) in [5, 5.41) is 18.3. The summed E-state index contributed by atoms with van der Waals surface area (Å²) in [5.74, 6) is -1.84. The Kier molecular flexibility index (Phi) is 11.6. The summed E-state index contributed by atoms with van der Waals surface area (Å²) in [6.07, 6.45) is 5.62. The van der Waals surface area contributed by atoms with Crippen LogP contribution in [0.3, 0.4) is 0 Å². The third-order valence-electron chi connectivity index (χ3n) is 12.3. The molecule has 3 aromatic carbocycles. The van der Waals surface area contributed by atoms with E-state index in [2.05, 4.69) is 22.0 Å². The van der Waals surface area contributed by atoms with Crippen LogP contribution in [-0.4, -0.2) is 76.5 Å². The van der Waals surface area contributed by atoms with Gasteiger partial charge in [0.2, 0.25) is 11.8 Å². The molecule has 0 bridgehead atoms. The Hall–Kier alpha value is -5.74. The number of unbranched alkanes of at least 4 members (excludes halogenated alkanes) is 5. The van der Waals surface area contributed by atoms with Crippen molar-refractivity contribution in [3.05, 3.63) is 93.0 Å². The molecule has 1 saturated heterocycles. The number of piperidine rings is 1. The van der Waals surface area contributed by atoms with E-state index < -0.39 is 40.5 Å². The number of nitrogens with zero attached hydrogens (tertiary/aromatic N) is 3. The molecule has 1 saturated carbocycles. The largest absolute Gasteiger partial charge is 0.489 e. The van der Waals surface area contributed by atoms with E-state index in [0.717, 1.165) is 49.0 Å². The molecule has 0 radical (unpaired) electrons. The molecule has 3 N–H and O–H groups in total. The smallest absolute Gasteiger partial charge is 0.264 e. The predicted octanol–water partition coefficient (Wildman–Crippen LogP) is 6.63. The minimum atomic E-state index is -1.00. The zero-order valence-corrected chi connectivity index (χ0v) is 34.5. The summed E-state index contributed by atoms with van der Waals surface area (Å²) < 4.78 is 6.36. The van der Waals surface area contributed by atoms with Crippen molar-refractivity contribution in [2.45, 2.75) is 104 Å². The van der Waals surface area contributed by atoms with Crippen LogP contribution in [0.15, 0.2) is 54.6 Å². The number of halogens is 1. The first-order valence-electron chi connectivity index (χ1n) is 20.3. The monoisotopic (exact) mass is 820 g/mol. The lowest BCUT2D eigenvalue weighted by atomic mass is 9.49. The lowest BCUT2D eigenvalue weighted by molar-refractivity contribution is -0.164. The molecule has 1 atom stereocenters. The average Bonchev–Trinajstić information content (AvgIpc) is 3.65. The van der Waals surface area contributed by atoms with Gasteiger partial charge in [0, 0.05) is 65.8 Å². The number of rotatable bonds is 15. The van der Waals surface area contributed by atoms with Crippen LogP contribution < -0.4 is 20.7 Å². The summed E-state index contributed by atoms with van der Waals surface area (Å²) in [7, 11) is 0. The fraction of sp³-hybridized carbons (Fsp3) is 0.444. The van der Waals surface area contributed by atoms with E-state index in [9.17, 15) is 34.0 Å². The van der Waals surface area contributed by atoms with Crippen LogP contribution in [-0.2, 0) is 16.1 Å². The van der Waals surface area contributed by atoms with Crippen LogP contribution in [0.2, 0.25) is 5.02 Å². The number of ether oxygens (including phenoxy) is 1. The number of benzene rings is 3. The molecule has 308 valence electrons. The van der Waals surface area contributed by atoms with Crippen molar-refractivity contribution in [2.75, 3.05) is 18.4 Å². The maximum atomic E-state index is 13.6. The Balaban J connectivity index is 0.823. The Bertz CT molecular complexity index is 2270. The molecule has 3 heterocycles. The Morgan fingerprint density at radius 1 is 0.898 bits per heavy atom. The molecule has 3 aromatic rings. The Morgan fingerprint density at radius 2 is 1.63 bits per heavy atom. The second-order valence-electron chi connectivity index (χ2n) is 17.1. The molecule has 3 aliphatic heterocycles. The summed E-state index contributed by atoms with van der Waals surface area (Å²) in [6, 6.07) is 16.3. The standard InChI is InChI=1S/C45H49ClN6O7/c1-44(2)42(45(3,4)43(44)59-29-17-16-27(24-47)32(46)23-29)50-37(54)26-14-15-28-25-51(39(56)31(28)22-26)21-10-8-6-5-7-9-20-48-33-13-11-12-30-36(33)41(58)52(40(30)57)34-18-19-35(53)49-38(34)55/h11-17,22-23,34,42-43,48H,5-10,18-21,25H2,1-4H3,(H,50,54)(H,49,53,55). The highest BCUT2D eigenvalue weighted by Crippen LogP contribution is 2.55. The fourth-order valence-corrected chi connectivity index (χ4v) is 9.73. The number of carbonyl (C=O) groups excluding carboxylic acids is 6. The normalized spacial score (nSPS) is 21.4. The molecular formula is C45H49ClN6O7. The molecule has 6 amide bonds. The summed E-state index contributed by atoms with van der Waals surface area (Å²) in [6.45, 7) is 9.96. The van der Waals surface area contributed by atoms with E-state index in [-0.39, 0.29) is 47.9 Å². The van der Waals surface area contributed by atoms with Gasteiger partial charge in [-0.3, -0.25) is 39.0 Å². The second kappa shape index (κ2) is 16.5. The van der Waals surface area contributed by atoms with Crippen LogP contribution in [0.5, 0.6) is 5.75 Å². The number of hydrogen-bond acceptors (Lipinski definition) is 9. The van der Waals surface area contributed by atoms with E-state index in [1.54, 1.807) is 48.5 Å². The van der Waals surface area contributed by atoms with Crippen molar-refractivity contribution in [3.63, 3.8) is 0 Å². The molecule has 1 aliphatic carbocycles. The van der Waals surface area contributed by atoms with E-state index in [1.807, 2.05) is 38.7 Å². The Morgan fingerprint density at radius 3 is 2.34 bits per heavy atom. The summed E-state index contributed by atoms with van der Waals surface area (Å²) >= 11 is 6.24. The summed E-state index contributed by atoms with van der Waals surface area (Å²) in [5.41, 5.74) is 2.52. The van der Waals surface area contributed by atoms with Crippen LogP contribution in [0.25, 0.3) is 0 Å². The van der Waals surface area contributed by atoms with Crippen molar-refractivity contribution in [1.82, 2.24) is 20.4 Å². The zero-order chi connectivity index (χ0) is 42.2. The molecule has 1 unspecified atom stereocenters. The van der Waals surface area contributed by atoms with Gasteiger partial charge >= 0.3 is 0 Å². The quantitative estimate of drug-likeness (QED) is 0.112. The molecule has 59 heavy (non-hydrogen) atoms. The topological polar surface area (TPSA) is 178 Å². The van der Waals surface area contributed by atoms with Gasteiger partial charge in [0.15, 0.2) is 0 Å². The SMILES string of the molecule is CC1(C)C(NC(=O)c2ccc3c(c2)C(=O)N(CCCCCCCCNc2cccc4c2C(=O)N(C2CCC(=O)NC2=O)C4=O)C3)C(C)(C)C1Oc1ccc(C#N)c(Cl)c1. The van der Waals surface area contributed by atoms with Gasteiger partial charge in [-0.1, -0.05) is 77.1 Å². The first-order chi connectivity index (χ1) is 28.1. The predicted molar refractivity (Wildman–Crippen MR) is 220 cm³/mol. The minimum Gasteiger partial charge on any atom is -0.489 e. The molecule has 7 rings (SSSR count). The van der Waals surface area contributed by atoms with Crippen LogP contribution >= 0.6 is 11.6 Å². The summed E-state index contributed by atoms with van der Waals surface area (Å²) in [4.78, 5) is 80.2.